The number of hydrogen-bond donors (Lipinski definition) is 1. The summed E-state index contributed by atoms with van der Waals surface area (Å²) in [7, 11) is 2.22. The molecule has 1 aromatic heterocycles. The van der Waals surface area contributed by atoms with Crippen molar-refractivity contribution in [2.45, 2.75) is 53.2 Å². The number of nitrogens with one attached hydrogen (secondary N) is 1. The Labute approximate surface area is 116 Å². The van der Waals surface area contributed by atoms with Crippen LogP contribution in [0.2, 0.25) is 0 Å². The van der Waals surface area contributed by atoms with Crippen LogP contribution in [0.15, 0.2) is 12.1 Å². The summed E-state index contributed by atoms with van der Waals surface area (Å²) in [5.74, 6) is 0.709. The zero-order valence-corrected chi connectivity index (χ0v) is 13.3. The first-order valence-corrected chi connectivity index (χ1v) is 7.84. The minimum Gasteiger partial charge on any atom is -0.312 e. The lowest BCUT2D eigenvalue weighted by atomic mass is 10.1. The molecule has 1 rings (SSSR count). The summed E-state index contributed by atoms with van der Waals surface area (Å²) < 4.78 is 0. The Morgan fingerprint density at radius 1 is 1.22 bits per heavy atom. The van der Waals surface area contributed by atoms with Crippen molar-refractivity contribution in [3.63, 3.8) is 0 Å². The van der Waals surface area contributed by atoms with Crippen LogP contribution in [-0.4, -0.2) is 24.5 Å². The van der Waals surface area contributed by atoms with E-state index in [0.29, 0.717) is 12.0 Å². The Morgan fingerprint density at radius 3 is 2.50 bits per heavy atom. The summed E-state index contributed by atoms with van der Waals surface area (Å²) in [5.41, 5.74) is 0. The molecule has 0 saturated heterocycles. The van der Waals surface area contributed by atoms with Gasteiger partial charge in [0.05, 0.1) is 0 Å². The Bertz CT molecular complexity index is 333. The quantitative estimate of drug-likeness (QED) is 0.723. The van der Waals surface area contributed by atoms with Gasteiger partial charge in [-0.3, -0.25) is 4.90 Å². The smallest absolute Gasteiger partial charge is 0.0327 e. The minimum absolute atomic E-state index is 0.633. The van der Waals surface area contributed by atoms with E-state index in [1.54, 1.807) is 0 Å². The molecule has 0 bridgehead atoms. The lowest BCUT2D eigenvalue weighted by Gasteiger charge is -2.27. The van der Waals surface area contributed by atoms with Crippen molar-refractivity contribution in [3.8, 4) is 0 Å². The third-order valence-corrected chi connectivity index (χ3v) is 4.58. The molecule has 1 heterocycles. The van der Waals surface area contributed by atoms with E-state index in [4.69, 9.17) is 0 Å². The van der Waals surface area contributed by atoms with Crippen molar-refractivity contribution in [2.24, 2.45) is 5.92 Å². The van der Waals surface area contributed by atoms with E-state index < -0.39 is 0 Å². The summed E-state index contributed by atoms with van der Waals surface area (Å²) in [6.45, 7) is 12.3. The summed E-state index contributed by atoms with van der Waals surface area (Å²) in [5, 5.41) is 3.46. The number of rotatable bonds is 8. The van der Waals surface area contributed by atoms with E-state index in [2.05, 4.69) is 57.1 Å². The van der Waals surface area contributed by atoms with Gasteiger partial charge < -0.3 is 5.32 Å². The second kappa shape index (κ2) is 7.93. The molecule has 0 aliphatic rings. The molecule has 0 aliphatic heterocycles. The SMILES string of the molecule is CCCNCc1ccc(CN(C)C(C)C(C)C)s1. The van der Waals surface area contributed by atoms with Crippen LogP contribution in [0.4, 0.5) is 0 Å². The first-order valence-electron chi connectivity index (χ1n) is 7.03. The molecule has 1 aromatic rings. The van der Waals surface area contributed by atoms with E-state index in [1.165, 1.54) is 16.2 Å². The predicted octanol–water partition coefficient (Wildman–Crippen LogP) is 3.72. The van der Waals surface area contributed by atoms with Crippen molar-refractivity contribution >= 4 is 11.3 Å². The van der Waals surface area contributed by atoms with Crippen molar-refractivity contribution in [2.75, 3.05) is 13.6 Å². The van der Waals surface area contributed by atoms with Gasteiger partial charge in [-0.25, -0.2) is 0 Å². The van der Waals surface area contributed by atoms with Gasteiger partial charge in [-0.15, -0.1) is 11.3 Å². The fourth-order valence-electron chi connectivity index (χ4n) is 1.89. The molecule has 0 spiro atoms. The largest absolute Gasteiger partial charge is 0.312 e. The van der Waals surface area contributed by atoms with E-state index in [9.17, 15) is 0 Å². The van der Waals surface area contributed by atoms with E-state index in [-0.39, 0.29) is 0 Å². The fourth-order valence-corrected chi connectivity index (χ4v) is 2.94. The average Bonchev–Trinajstić information content (AvgIpc) is 2.76. The molecule has 0 saturated carbocycles. The molecule has 3 heteroatoms. The van der Waals surface area contributed by atoms with Crippen LogP contribution in [0.5, 0.6) is 0 Å². The molecule has 1 unspecified atom stereocenters. The van der Waals surface area contributed by atoms with Crippen LogP contribution in [0.1, 0.15) is 43.9 Å². The molecule has 0 aliphatic carbocycles. The maximum Gasteiger partial charge on any atom is 0.0327 e. The Hall–Kier alpha value is -0.380. The molecular weight excluding hydrogens is 240 g/mol. The third-order valence-electron chi connectivity index (χ3n) is 3.51. The fraction of sp³-hybridized carbons (Fsp3) is 0.733. The second-order valence-electron chi connectivity index (χ2n) is 5.44. The molecular formula is C15H28N2S. The van der Waals surface area contributed by atoms with Crippen LogP contribution >= 0.6 is 11.3 Å². The summed E-state index contributed by atoms with van der Waals surface area (Å²) in [6, 6.07) is 5.17. The highest BCUT2D eigenvalue weighted by atomic mass is 32.1. The van der Waals surface area contributed by atoms with E-state index >= 15 is 0 Å². The van der Waals surface area contributed by atoms with Gasteiger partial charge >= 0.3 is 0 Å². The maximum atomic E-state index is 3.46. The van der Waals surface area contributed by atoms with E-state index in [1.807, 2.05) is 11.3 Å². The highest BCUT2D eigenvalue weighted by Crippen LogP contribution is 2.20. The minimum atomic E-state index is 0.633. The molecule has 1 atom stereocenters. The van der Waals surface area contributed by atoms with Gasteiger partial charge in [-0.05, 0) is 45.0 Å². The highest BCUT2D eigenvalue weighted by molar-refractivity contribution is 7.11. The van der Waals surface area contributed by atoms with Crippen LogP contribution in [-0.2, 0) is 13.1 Å². The van der Waals surface area contributed by atoms with Crippen molar-refractivity contribution < 1.29 is 0 Å². The average molecular weight is 268 g/mol. The summed E-state index contributed by atoms with van der Waals surface area (Å²) in [6.07, 6.45) is 1.20. The van der Waals surface area contributed by atoms with Gasteiger partial charge in [0, 0.05) is 28.9 Å². The molecule has 0 amide bonds. The maximum absolute atomic E-state index is 3.46. The van der Waals surface area contributed by atoms with E-state index in [0.717, 1.165) is 19.6 Å². The van der Waals surface area contributed by atoms with Gasteiger partial charge in [0.1, 0.15) is 0 Å². The monoisotopic (exact) mass is 268 g/mol. The summed E-state index contributed by atoms with van der Waals surface area (Å²) >= 11 is 1.94. The summed E-state index contributed by atoms with van der Waals surface area (Å²) in [4.78, 5) is 5.36. The first-order chi connectivity index (χ1) is 8.54. The molecule has 0 radical (unpaired) electrons. The lowest BCUT2D eigenvalue weighted by molar-refractivity contribution is 0.202. The van der Waals surface area contributed by atoms with Gasteiger partial charge in [-0.2, -0.15) is 0 Å². The number of thiophene rings is 1. The molecule has 18 heavy (non-hydrogen) atoms. The van der Waals surface area contributed by atoms with Gasteiger partial charge in [0.25, 0.3) is 0 Å². The van der Waals surface area contributed by atoms with Gasteiger partial charge in [0.2, 0.25) is 0 Å². The van der Waals surface area contributed by atoms with Crippen molar-refractivity contribution in [1.29, 1.82) is 0 Å². The first kappa shape index (κ1) is 15.7. The Morgan fingerprint density at radius 2 is 1.89 bits per heavy atom. The number of hydrogen-bond acceptors (Lipinski definition) is 3. The van der Waals surface area contributed by atoms with Crippen LogP contribution in [0.25, 0.3) is 0 Å². The van der Waals surface area contributed by atoms with Crippen molar-refractivity contribution in [1.82, 2.24) is 10.2 Å². The lowest BCUT2D eigenvalue weighted by Crippen LogP contribution is -2.32. The Kier molecular flexibility index (Phi) is 6.90. The molecule has 104 valence electrons. The van der Waals surface area contributed by atoms with Crippen LogP contribution in [0, 0.1) is 5.92 Å². The topological polar surface area (TPSA) is 15.3 Å². The standard InChI is InChI=1S/C15H28N2S/c1-6-9-16-10-14-7-8-15(18-14)11-17(5)13(4)12(2)3/h7-8,12-13,16H,6,9-11H2,1-5H3. The highest BCUT2D eigenvalue weighted by Gasteiger charge is 2.13. The Balaban J connectivity index is 2.43. The zero-order valence-electron chi connectivity index (χ0n) is 12.5. The van der Waals surface area contributed by atoms with Gasteiger partial charge in [-0.1, -0.05) is 20.8 Å². The number of nitrogens with zero attached hydrogens (tertiary/aromatic N) is 1. The molecule has 2 nitrogen and oxygen atoms in total. The van der Waals surface area contributed by atoms with Crippen LogP contribution < -0.4 is 5.32 Å². The molecule has 0 fully saturated rings. The predicted molar refractivity (Wildman–Crippen MR) is 82.1 cm³/mol. The molecule has 0 aromatic carbocycles. The van der Waals surface area contributed by atoms with Gasteiger partial charge in [0.15, 0.2) is 0 Å². The third kappa shape index (κ3) is 5.09. The normalized spacial score (nSPS) is 13.5. The zero-order chi connectivity index (χ0) is 13.5. The van der Waals surface area contributed by atoms with Crippen molar-refractivity contribution in [3.05, 3.63) is 21.9 Å². The molecule has 1 N–H and O–H groups in total. The van der Waals surface area contributed by atoms with Crippen LogP contribution in [0.3, 0.4) is 0 Å². The second-order valence-corrected chi connectivity index (χ2v) is 6.70.